The molecule has 3 rings (SSSR count). The lowest BCUT2D eigenvalue weighted by molar-refractivity contribution is -0.148. The molecular formula is C18H20N2O3. The normalized spacial score (nSPS) is 16.6. The molecule has 5 nitrogen and oxygen atoms in total. The summed E-state index contributed by atoms with van der Waals surface area (Å²) in [7, 11) is 1.96. The second-order valence-electron chi connectivity index (χ2n) is 5.70. The average molecular weight is 312 g/mol. The number of aryl methyl sites for hydroxylation is 1. The van der Waals surface area contributed by atoms with Crippen LogP contribution < -0.4 is 0 Å². The Balaban J connectivity index is 1.99. The second kappa shape index (κ2) is 5.91. The number of esters is 1. The molecule has 120 valence electrons. The molecule has 1 aromatic carbocycles. The number of benzene rings is 1. The number of carbonyl (C=O) groups is 2. The molecule has 0 aliphatic carbocycles. The number of fused-ring (bicyclic) bond motifs is 1. The zero-order valence-corrected chi connectivity index (χ0v) is 13.6. The van der Waals surface area contributed by atoms with E-state index in [0.29, 0.717) is 18.7 Å². The zero-order valence-electron chi connectivity index (χ0n) is 13.6. The minimum Gasteiger partial charge on any atom is -0.464 e. The Bertz CT molecular complexity index is 763. The van der Waals surface area contributed by atoms with Gasteiger partial charge in [0.05, 0.1) is 13.2 Å². The van der Waals surface area contributed by atoms with E-state index in [-0.39, 0.29) is 11.9 Å². The third kappa shape index (κ3) is 2.52. The number of hydrogen-bond donors (Lipinski definition) is 0. The Morgan fingerprint density at radius 1 is 1.22 bits per heavy atom. The summed E-state index contributed by atoms with van der Waals surface area (Å²) in [5.74, 6) is -0.505. The van der Waals surface area contributed by atoms with Crippen LogP contribution in [-0.4, -0.2) is 28.0 Å². The van der Waals surface area contributed by atoms with Gasteiger partial charge < -0.3 is 14.2 Å². The number of carbonyl (C=O) groups excluding carboxylic acids is 2. The Hall–Kier alpha value is -2.56. The molecule has 2 aromatic rings. The Morgan fingerprint density at radius 2 is 1.96 bits per heavy atom. The van der Waals surface area contributed by atoms with Gasteiger partial charge in [0, 0.05) is 24.0 Å². The molecule has 1 aliphatic heterocycles. The molecule has 0 N–H and O–H groups in total. The van der Waals surface area contributed by atoms with Crippen molar-refractivity contribution in [1.29, 1.82) is 0 Å². The molecule has 0 bridgehead atoms. The number of amides is 1. The van der Waals surface area contributed by atoms with Crippen molar-refractivity contribution in [3.05, 3.63) is 58.9 Å². The molecule has 1 atom stereocenters. The summed E-state index contributed by atoms with van der Waals surface area (Å²) >= 11 is 0. The van der Waals surface area contributed by atoms with E-state index in [9.17, 15) is 9.59 Å². The monoisotopic (exact) mass is 312 g/mol. The fourth-order valence-electron chi connectivity index (χ4n) is 3.01. The third-order valence-corrected chi connectivity index (χ3v) is 4.38. The summed E-state index contributed by atoms with van der Waals surface area (Å²) < 4.78 is 7.22. The average Bonchev–Trinajstić information content (AvgIpc) is 3.00. The number of ether oxygens (including phenoxy) is 1. The number of rotatable bonds is 4. The van der Waals surface area contributed by atoms with Gasteiger partial charge in [-0.2, -0.15) is 0 Å². The zero-order chi connectivity index (χ0) is 16.6. The van der Waals surface area contributed by atoms with Gasteiger partial charge >= 0.3 is 5.97 Å². The van der Waals surface area contributed by atoms with Gasteiger partial charge in [0.2, 0.25) is 0 Å². The van der Waals surface area contributed by atoms with E-state index in [4.69, 9.17) is 4.74 Å². The molecule has 23 heavy (non-hydrogen) atoms. The lowest BCUT2D eigenvalue weighted by Crippen LogP contribution is -2.33. The van der Waals surface area contributed by atoms with Crippen molar-refractivity contribution in [1.82, 2.24) is 9.47 Å². The number of hydrogen-bond acceptors (Lipinski definition) is 3. The Kier molecular flexibility index (Phi) is 3.94. The van der Waals surface area contributed by atoms with E-state index in [1.165, 1.54) is 0 Å². The Morgan fingerprint density at radius 3 is 2.61 bits per heavy atom. The van der Waals surface area contributed by atoms with Crippen LogP contribution in [0.2, 0.25) is 0 Å². The molecule has 1 aromatic heterocycles. The highest BCUT2D eigenvalue weighted by Gasteiger charge is 2.42. The fourth-order valence-corrected chi connectivity index (χ4v) is 3.01. The highest BCUT2D eigenvalue weighted by molar-refractivity contribution is 6.03. The molecule has 1 aliphatic rings. The minimum absolute atomic E-state index is 0.127. The van der Waals surface area contributed by atoms with E-state index < -0.39 is 6.04 Å². The Labute approximate surface area is 135 Å². The maximum absolute atomic E-state index is 12.7. The van der Waals surface area contributed by atoms with Crippen molar-refractivity contribution in [2.45, 2.75) is 26.4 Å². The van der Waals surface area contributed by atoms with Crippen LogP contribution in [0.1, 0.15) is 40.3 Å². The van der Waals surface area contributed by atoms with Gasteiger partial charge in [-0.05, 0) is 37.6 Å². The highest BCUT2D eigenvalue weighted by Crippen LogP contribution is 2.35. The van der Waals surface area contributed by atoms with Crippen molar-refractivity contribution >= 4 is 11.9 Å². The maximum atomic E-state index is 12.7. The first kappa shape index (κ1) is 15.3. The molecule has 0 saturated carbocycles. The SMILES string of the molecule is CCOC(=O)C1c2ccccc2C(=O)N1Cc1ccc(C)n1C. The molecule has 1 amide bonds. The van der Waals surface area contributed by atoms with Gasteiger partial charge in [-0.15, -0.1) is 0 Å². The molecule has 0 saturated heterocycles. The quantitative estimate of drug-likeness (QED) is 0.815. The van der Waals surface area contributed by atoms with Crippen molar-refractivity contribution in [2.24, 2.45) is 7.05 Å². The van der Waals surface area contributed by atoms with Crippen LogP contribution in [0.4, 0.5) is 0 Å². The van der Waals surface area contributed by atoms with Gasteiger partial charge in [0.15, 0.2) is 6.04 Å². The fraction of sp³-hybridized carbons (Fsp3) is 0.333. The van der Waals surface area contributed by atoms with Crippen molar-refractivity contribution in [3.63, 3.8) is 0 Å². The maximum Gasteiger partial charge on any atom is 0.333 e. The van der Waals surface area contributed by atoms with Crippen molar-refractivity contribution in [2.75, 3.05) is 6.61 Å². The van der Waals surface area contributed by atoms with Crippen LogP contribution in [0.5, 0.6) is 0 Å². The molecule has 2 heterocycles. The lowest BCUT2D eigenvalue weighted by Gasteiger charge is -2.24. The van der Waals surface area contributed by atoms with E-state index in [1.54, 1.807) is 17.9 Å². The van der Waals surface area contributed by atoms with Crippen LogP contribution in [0.15, 0.2) is 36.4 Å². The van der Waals surface area contributed by atoms with Crippen molar-refractivity contribution < 1.29 is 14.3 Å². The first-order valence-corrected chi connectivity index (χ1v) is 7.72. The van der Waals surface area contributed by atoms with Crippen LogP contribution in [0.25, 0.3) is 0 Å². The van der Waals surface area contributed by atoms with Gasteiger partial charge in [-0.3, -0.25) is 4.79 Å². The molecule has 0 radical (unpaired) electrons. The summed E-state index contributed by atoms with van der Waals surface area (Å²) in [4.78, 5) is 26.8. The summed E-state index contributed by atoms with van der Waals surface area (Å²) in [6.07, 6.45) is 0. The molecular weight excluding hydrogens is 292 g/mol. The molecule has 5 heteroatoms. The second-order valence-corrected chi connectivity index (χ2v) is 5.70. The van der Waals surface area contributed by atoms with Crippen LogP contribution in [-0.2, 0) is 23.1 Å². The summed E-state index contributed by atoms with van der Waals surface area (Å²) in [5.41, 5.74) is 3.40. The number of aromatic nitrogens is 1. The van der Waals surface area contributed by atoms with E-state index in [0.717, 1.165) is 17.0 Å². The van der Waals surface area contributed by atoms with Crippen LogP contribution in [0, 0.1) is 6.92 Å². The van der Waals surface area contributed by atoms with Crippen LogP contribution in [0.3, 0.4) is 0 Å². The first-order valence-electron chi connectivity index (χ1n) is 7.72. The lowest BCUT2D eigenvalue weighted by atomic mass is 10.1. The smallest absolute Gasteiger partial charge is 0.333 e. The van der Waals surface area contributed by atoms with Gasteiger partial charge in [0.1, 0.15) is 0 Å². The topological polar surface area (TPSA) is 51.5 Å². The highest BCUT2D eigenvalue weighted by atomic mass is 16.5. The predicted molar refractivity (Wildman–Crippen MR) is 85.8 cm³/mol. The molecule has 0 fully saturated rings. The van der Waals surface area contributed by atoms with Gasteiger partial charge in [0.25, 0.3) is 5.91 Å². The van der Waals surface area contributed by atoms with Crippen LogP contribution >= 0.6 is 0 Å². The largest absolute Gasteiger partial charge is 0.464 e. The minimum atomic E-state index is -0.672. The van der Waals surface area contributed by atoms with E-state index in [2.05, 4.69) is 0 Å². The van der Waals surface area contributed by atoms with E-state index >= 15 is 0 Å². The first-order chi connectivity index (χ1) is 11.0. The summed E-state index contributed by atoms with van der Waals surface area (Å²) in [5, 5.41) is 0. The van der Waals surface area contributed by atoms with Gasteiger partial charge in [-0.25, -0.2) is 4.79 Å². The summed E-state index contributed by atoms with van der Waals surface area (Å²) in [6, 6.07) is 10.6. The van der Waals surface area contributed by atoms with Crippen molar-refractivity contribution in [3.8, 4) is 0 Å². The molecule has 1 unspecified atom stereocenters. The predicted octanol–water partition coefficient (Wildman–Crippen LogP) is 2.59. The van der Waals surface area contributed by atoms with E-state index in [1.807, 2.05) is 48.9 Å². The van der Waals surface area contributed by atoms with Gasteiger partial charge in [-0.1, -0.05) is 18.2 Å². The number of nitrogens with zero attached hydrogens (tertiary/aromatic N) is 2. The summed E-state index contributed by atoms with van der Waals surface area (Å²) in [6.45, 7) is 4.45. The third-order valence-electron chi connectivity index (χ3n) is 4.38. The standard InChI is InChI=1S/C18H20N2O3/c1-4-23-18(22)16-14-7-5-6-8-15(14)17(21)20(16)11-13-10-9-12(2)19(13)3/h5-10,16H,4,11H2,1-3H3. The molecule has 0 spiro atoms.